The smallest absolute Gasteiger partial charge is 0.335 e. The lowest BCUT2D eigenvalue weighted by Crippen LogP contribution is -2.31. The van der Waals surface area contributed by atoms with Crippen LogP contribution in [0.4, 0.5) is 0 Å². The largest absolute Gasteiger partial charge is 0.458 e. The maximum Gasteiger partial charge on any atom is 0.335 e. The lowest BCUT2D eigenvalue weighted by atomic mass is 10.2. The Labute approximate surface area is 74.0 Å². The van der Waals surface area contributed by atoms with Gasteiger partial charge in [-0.15, -0.1) is 0 Å². The molecule has 0 fully saturated rings. The zero-order valence-electron chi connectivity index (χ0n) is 8.51. The van der Waals surface area contributed by atoms with Crippen molar-refractivity contribution in [2.45, 2.75) is 46.3 Å². The molecule has 0 amide bonds. The van der Waals surface area contributed by atoms with Gasteiger partial charge in [0.25, 0.3) is 0 Å². The van der Waals surface area contributed by atoms with Gasteiger partial charge in [0.2, 0.25) is 0 Å². The lowest BCUT2D eigenvalue weighted by Gasteiger charge is -2.21. The van der Waals surface area contributed by atoms with Crippen molar-refractivity contribution in [2.24, 2.45) is 0 Å². The van der Waals surface area contributed by atoms with Gasteiger partial charge in [-0.1, -0.05) is 0 Å². The third-order valence-electron chi connectivity index (χ3n) is 1.16. The molecule has 0 aromatic rings. The summed E-state index contributed by atoms with van der Waals surface area (Å²) in [4.78, 5) is 11.2. The Bertz CT molecular complexity index is 146. The van der Waals surface area contributed by atoms with Crippen LogP contribution < -0.4 is 0 Å². The first-order chi connectivity index (χ1) is 5.37. The molecule has 0 bridgehead atoms. The Morgan fingerprint density at radius 2 is 1.92 bits per heavy atom. The van der Waals surface area contributed by atoms with Gasteiger partial charge >= 0.3 is 5.97 Å². The van der Waals surface area contributed by atoms with Crippen molar-refractivity contribution in [3.63, 3.8) is 0 Å². The normalized spacial score (nSPS) is 14.1. The van der Waals surface area contributed by atoms with Crippen LogP contribution >= 0.6 is 0 Å². The minimum Gasteiger partial charge on any atom is -0.458 e. The molecule has 12 heavy (non-hydrogen) atoms. The molecule has 0 aliphatic heterocycles. The minimum absolute atomic E-state index is 0.302. The highest BCUT2D eigenvalue weighted by atomic mass is 16.6. The van der Waals surface area contributed by atoms with Crippen LogP contribution in [0, 0.1) is 0 Å². The number of ether oxygens (including phenoxy) is 2. The summed E-state index contributed by atoms with van der Waals surface area (Å²) in [7, 11) is 0. The second-order valence-corrected chi connectivity index (χ2v) is 3.63. The fraction of sp³-hybridized carbons (Fsp3) is 0.889. The predicted molar refractivity (Wildman–Crippen MR) is 46.9 cm³/mol. The summed E-state index contributed by atoms with van der Waals surface area (Å²) in [6.45, 7) is 9.58. The molecule has 72 valence electrons. The van der Waals surface area contributed by atoms with E-state index in [2.05, 4.69) is 0 Å². The Morgan fingerprint density at radius 1 is 1.42 bits per heavy atom. The zero-order valence-corrected chi connectivity index (χ0v) is 8.51. The van der Waals surface area contributed by atoms with Crippen molar-refractivity contribution in [3.05, 3.63) is 0 Å². The molecule has 0 N–H and O–H groups in total. The number of carbonyl (C=O) groups is 1. The van der Waals surface area contributed by atoms with Gasteiger partial charge in [0.15, 0.2) is 6.10 Å². The number of hydrogen-bond donors (Lipinski definition) is 0. The van der Waals surface area contributed by atoms with E-state index < -0.39 is 11.7 Å². The molecule has 0 heterocycles. The first-order valence-electron chi connectivity index (χ1n) is 4.21. The van der Waals surface area contributed by atoms with Gasteiger partial charge in [-0.25, -0.2) is 4.79 Å². The second kappa shape index (κ2) is 4.45. The van der Waals surface area contributed by atoms with E-state index >= 15 is 0 Å². The standard InChI is InChI=1S/C9H18O3/c1-6-11-7(2)8(10)12-9(3,4)5/h7H,6H2,1-5H3. The molecule has 1 unspecified atom stereocenters. The van der Waals surface area contributed by atoms with Crippen molar-refractivity contribution in [2.75, 3.05) is 6.61 Å². The quantitative estimate of drug-likeness (QED) is 0.611. The predicted octanol–water partition coefficient (Wildman–Crippen LogP) is 1.75. The molecule has 0 saturated carbocycles. The van der Waals surface area contributed by atoms with E-state index in [1.165, 1.54) is 0 Å². The van der Waals surface area contributed by atoms with Gasteiger partial charge in [0.05, 0.1) is 0 Å². The first-order valence-corrected chi connectivity index (χ1v) is 4.21. The molecule has 1 atom stereocenters. The van der Waals surface area contributed by atoms with Crippen LogP contribution in [0.3, 0.4) is 0 Å². The van der Waals surface area contributed by atoms with Crippen molar-refractivity contribution < 1.29 is 14.3 Å². The van der Waals surface area contributed by atoms with E-state index in [1.54, 1.807) is 6.92 Å². The summed E-state index contributed by atoms with van der Waals surface area (Å²) in [6.07, 6.45) is -0.464. The van der Waals surface area contributed by atoms with Crippen molar-refractivity contribution in [1.29, 1.82) is 0 Å². The highest BCUT2D eigenvalue weighted by Crippen LogP contribution is 2.09. The van der Waals surface area contributed by atoms with Crippen LogP contribution in [0.1, 0.15) is 34.6 Å². The molecule has 0 spiro atoms. The van der Waals surface area contributed by atoms with Gasteiger partial charge in [0.1, 0.15) is 5.60 Å². The Morgan fingerprint density at radius 3 is 2.25 bits per heavy atom. The highest BCUT2D eigenvalue weighted by Gasteiger charge is 2.21. The van der Waals surface area contributed by atoms with Gasteiger partial charge in [-0.3, -0.25) is 0 Å². The zero-order chi connectivity index (χ0) is 9.78. The van der Waals surface area contributed by atoms with Gasteiger partial charge in [0, 0.05) is 6.61 Å². The molecular weight excluding hydrogens is 156 g/mol. The second-order valence-electron chi connectivity index (χ2n) is 3.63. The summed E-state index contributed by atoms with van der Waals surface area (Å²) in [6, 6.07) is 0. The summed E-state index contributed by atoms with van der Waals surface area (Å²) in [5.41, 5.74) is -0.428. The fourth-order valence-corrected chi connectivity index (χ4v) is 0.703. The van der Waals surface area contributed by atoms with Crippen LogP contribution in [0.25, 0.3) is 0 Å². The fourth-order valence-electron chi connectivity index (χ4n) is 0.703. The molecule has 0 saturated heterocycles. The van der Waals surface area contributed by atoms with Crippen LogP contribution in [0.15, 0.2) is 0 Å². The number of rotatable bonds is 3. The third kappa shape index (κ3) is 5.13. The molecule has 0 aromatic heterocycles. The summed E-state index contributed by atoms with van der Waals surface area (Å²) < 4.78 is 10.2. The van der Waals surface area contributed by atoms with Gasteiger partial charge in [-0.2, -0.15) is 0 Å². The Balaban J connectivity index is 3.87. The van der Waals surface area contributed by atoms with Crippen LogP contribution in [0.2, 0.25) is 0 Å². The lowest BCUT2D eigenvalue weighted by molar-refractivity contribution is -0.167. The van der Waals surface area contributed by atoms with Crippen molar-refractivity contribution in [1.82, 2.24) is 0 Å². The maximum absolute atomic E-state index is 11.2. The molecule has 0 aliphatic rings. The first kappa shape index (κ1) is 11.4. The molecule has 0 aliphatic carbocycles. The van der Waals surface area contributed by atoms with Crippen LogP contribution in [0.5, 0.6) is 0 Å². The van der Waals surface area contributed by atoms with E-state index in [0.29, 0.717) is 6.61 Å². The number of carbonyl (C=O) groups excluding carboxylic acids is 1. The number of hydrogen-bond acceptors (Lipinski definition) is 3. The summed E-state index contributed by atoms with van der Waals surface area (Å²) in [5.74, 6) is -0.302. The average molecular weight is 174 g/mol. The molecule has 0 aromatic carbocycles. The molecule has 0 radical (unpaired) electrons. The van der Waals surface area contributed by atoms with Crippen molar-refractivity contribution in [3.8, 4) is 0 Å². The van der Waals surface area contributed by atoms with E-state index in [1.807, 2.05) is 27.7 Å². The minimum atomic E-state index is -0.464. The Hall–Kier alpha value is -0.570. The average Bonchev–Trinajstić information content (AvgIpc) is 1.84. The van der Waals surface area contributed by atoms with E-state index in [9.17, 15) is 4.79 Å². The molecule has 3 heteroatoms. The van der Waals surface area contributed by atoms with E-state index in [0.717, 1.165) is 0 Å². The topological polar surface area (TPSA) is 35.5 Å². The maximum atomic E-state index is 11.2. The summed E-state index contributed by atoms with van der Waals surface area (Å²) in [5, 5.41) is 0. The van der Waals surface area contributed by atoms with E-state index in [4.69, 9.17) is 9.47 Å². The highest BCUT2D eigenvalue weighted by molar-refractivity contribution is 5.74. The monoisotopic (exact) mass is 174 g/mol. The molecule has 0 rings (SSSR count). The van der Waals surface area contributed by atoms with E-state index in [-0.39, 0.29) is 5.97 Å². The third-order valence-corrected chi connectivity index (χ3v) is 1.16. The molecular formula is C9H18O3. The van der Waals surface area contributed by atoms with Gasteiger partial charge in [-0.05, 0) is 34.6 Å². The van der Waals surface area contributed by atoms with Crippen LogP contribution in [-0.2, 0) is 14.3 Å². The SMILES string of the molecule is CCOC(C)C(=O)OC(C)(C)C. The summed E-state index contributed by atoms with van der Waals surface area (Å²) >= 11 is 0. The molecule has 3 nitrogen and oxygen atoms in total. The van der Waals surface area contributed by atoms with Crippen molar-refractivity contribution >= 4 is 5.97 Å². The van der Waals surface area contributed by atoms with Crippen LogP contribution in [-0.4, -0.2) is 24.3 Å². The Kier molecular flexibility index (Phi) is 4.24. The van der Waals surface area contributed by atoms with Gasteiger partial charge < -0.3 is 9.47 Å². The number of esters is 1.